The van der Waals surface area contributed by atoms with Crippen LogP contribution in [0.25, 0.3) is 0 Å². The fourth-order valence-electron chi connectivity index (χ4n) is 1.80. The lowest BCUT2D eigenvalue weighted by molar-refractivity contribution is 0.0925. The summed E-state index contributed by atoms with van der Waals surface area (Å²) in [4.78, 5) is 12.0. The van der Waals surface area contributed by atoms with Gasteiger partial charge in [0.15, 0.2) is 0 Å². The van der Waals surface area contributed by atoms with E-state index in [9.17, 15) is 4.79 Å². The molecule has 0 atom stereocenters. The van der Waals surface area contributed by atoms with Crippen LogP contribution >= 0.6 is 0 Å². The molecule has 0 radical (unpaired) electrons. The minimum atomic E-state index is -0.0743. The van der Waals surface area contributed by atoms with E-state index in [2.05, 4.69) is 24.3 Å². The zero-order valence-electron chi connectivity index (χ0n) is 11.8. The van der Waals surface area contributed by atoms with Gasteiger partial charge in [-0.15, -0.1) is 0 Å². The molecule has 102 valence electrons. The van der Waals surface area contributed by atoms with E-state index in [1.807, 2.05) is 13.0 Å². The maximum Gasteiger partial charge on any atom is 0.269 e. The van der Waals surface area contributed by atoms with Gasteiger partial charge in [0.1, 0.15) is 5.69 Å². The molecule has 0 unspecified atom stereocenters. The largest absolute Gasteiger partial charge is 0.350 e. The van der Waals surface area contributed by atoms with Gasteiger partial charge in [0.2, 0.25) is 0 Å². The average Bonchev–Trinajstić information content (AvgIpc) is 2.68. The molecule has 0 saturated carbocycles. The molecule has 1 heterocycles. The molecule has 5 nitrogen and oxygen atoms in total. The third kappa shape index (κ3) is 3.84. The summed E-state index contributed by atoms with van der Waals surface area (Å²) in [5.41, 5.74) is 7.12. The third-order valence-corrected chi connectivity index (χ3v) is 3.07. The lowest BCUT2D eigenvalue weighted by Gasteiger charge is -2.24. The topological polar surface area (TPSA) is 72.9 Å². The lowest BCUT2D eigenvalue weighted by atomic mass is 9.89. The van der Waals surface area contributed by atoms with Crippen molar-refractivity contribution >= 4 is 5.91 Å². The molecule has 0 aliphatic rings. The van der Waals surface area contributed by atoms with Crippen molar-refractivity contribution in [2.45, 2.75) is 33.6 Å². The zero-order valence-corrected chi connectivity index (χ0v) is 11.8. The first-order chi connectivity index (χ1) is 8.39. The summed E-state index contributed by atoms with van der Waals surface area (Å²) in [7, 11) is 1.79. The molecular weight excluding hydrogens is 228 g/mol. The normalized spacial score (nSPS) is 11.6. The van der Waals surface area contributed by atoms with Crippen molar-refractivity contribution in [2.75, 3.05) is 13.1 Å². The Kier molecular flexibility index (Phi) is 4.90. The van der Waals surface area contributed by atoms with Crippen molar-refractivity contribution in [1.29, 1.82) is 0 Å². The Bertz CT molecular complexity index is 409. The number of nitrogens with two attached hydrogens (primary N) is 1. The zero-order chi connectivity index (χ0) is 13.8. The highest BCUT2D eigenvalue weighted by atomic mass is 16.2. The number of hydrogen-bond donors (Lipinski definition) is 2. The fraction of sp³-hybridized carbons (Fsp3) is 0.692. The van der Waals surface area contributed by atoms with Crippen molar-refractivity contribution in [3.05, 3.63) is 17.5 Å². The van der Waals surface area contributed by atoms with Crippen molar-refractivity contribution in [3.63, 3.8) is 0 Å². The Morgan fingerprint density at radius 2 is 2.22 bits per heavy atom. The standard InChI is InChI=1S/C13H24N4O/c1-5-10-8-11(17(4)16-10)12(18)15-9-13(2,3)6-7-14/h8H,5-7,9,14H2,1-4H3,(H,15,18). The predicted molar refractivity (Wildman–Crippen MR) is 72.4 cm³/mol. The molecule has 1 aromatic rings. The minimum absolute atomic E-state index is 0.0244. The monoisotopic (exact) mass is 252 g/mol. The number of nitrogens with one attached hydrogen (secondary N) is 1. The van der Waals surface area contributed by atoms with Gasteiger partial charge >= 0.3 is 0 Å². The molecule has 0 aromatic carbocycles. The molecule has 0 aliphatic carbocycles. The molecule has 1 aromatic heterocycles. The molecule has 0 spiro atoms. The summed E-state index contributed by atoms with van der Waals surface area (Å²) >= 11 is 0. The molecule has 0 saturated heterocycles. The van der Waals surface area contributed by atoms with Gasteiger partial charge in [-0.2, -0.15) is 5.10 Å². The number of carbonyl (C=O) groups excluding carboxylic acids is 1. The first kappa shape index (κ1) is 14.7. The second-order valence-electron chi connectivity index (χ2n) is 5.38. The Morgan fingerprint density at radius 3 is 2.72 bits per heavy atom. The molecule has 0 bridgehead atoms. The Labute approximate surface area is 109 Å². The maximum atomic E-state index is 12.0. The van der Waals surface area contributed by atoms with Crippen molar-refractivity contribution < 1.29 is 4.79 Å². The molecule has 18 heavy (non-hydrogen) atoms. The smallest absolute Gasteiger partial charge is 0.269 e. The molecule has 0 aliphatic heterocycles. The molecule has 1 amide bonds. The number of amides is 1. The van der Waals surface area contributed by atoms with E-state index in [4.69, 9.17) is 5.73 Å². The van der Waals surface area contributed by atoms with E-state index in [1.54, 1.807) is 11.7 Å². The Balaban J connectivity index is 2.62. The summed E-state index contributed by atoms with van der Waals surface area (Å²) in [5, 5.41) is 7.21. The van der Waals surface area contributed by atoms with E-state index in [1.165, 1.54) is 0 Å². The summed E-state index contributed by atoms with van der Waals surface area (Å²) < 4.78 is 1.63. The van der Waals surface area contributed by atoms with Crippen LogP contribution < -0.4 is 11.1 Å². The van der Waals surface area contributed by atoms with Crippen molar-refractivity contribution in [2.24, 2.45) is 18.2 Å². The SMILES string of the molecule is CCc1cc(C(=O)NCC(C)(C)CCN)n(C)n1. The lowest BCUT2D eigenvalue weighted by Crippen LogP contribution is -2.36. The highest BCUT2D eigenvalue weighted by molar-refractivity contribution is 5.92. The van der Waals surface area contributed by atoms with Crippen LogP contribution in [0.15, 0.2) is 6.07 Å². The minimum Gasteiger partial charge on any atom is -0.350 e. The number of carbonyl (C=O) groups is 1. The summed E-state index contributed by atoms with van der Waals surface area (Å²) in [6, 6.07) is 1.84. The Hall–Kier alpha value is -1.36. The van der Waals surface area contributed by atoms with E-state index in [0.29, 0.717) is 18.8 Å². The molecule has 1 rings (SSSR count). The summed E-state index contributed by atoms with van der Waals surface area (Å²) in [5.74, 6) is -0.0743. The number of rotatable bonds is 6. The van der Waals surface area contributed by atoms with Gasteiger partial charge in [-0.05, 0) is 30.9 Å². The van der Waals surface area contributed by atoms with Gasteiger partial charge in [0, 0.05) is 13.6 Å². The fourth-order valence-corrected chi connectivity index (χ4v) is 1.80. The van der Waals surface area contributed by atoms with E-state index < -0.39 is 0 Å². The van der Waals surface area contributed by atoms with Crippen LogP contribution in [0.5, 0.6) is 0 Å². The maximum absolute atomic E-state index is 12.0. The highest BCUT2D eigenvalue weighted by Crippen LogP contribution is 2.17. The first-order valence-corrected chi connectivity index (χ1v) is 6.41. The number of hydrogen-bond acceptors (Lipinski definition) is 3. The van der Waals surface area contributed by atoms with Crippen LogP contribution in [-0.2, 0) is 13.5 Å². The second kappa shape index (κ2) is 6.00. The van der Waals surface area contributed by atoms with Crippen LogP contribution in [0.4, 0.5) is 0 Å². The quantitative estimate of drug-likeness (QED) is 0.796. The number of nitrogens with zero attached hydrogens (tertiary/aromatic N) is 2. The highest BCUT2D eigenvalue weighted by Gasteiger charge is 2.19. The van der Waals surface area contributed by atoms with Crippen molar-refractivity contribution in [3.8, 4) is 0 Å². The van der Waals surface area contributed by atoms with E-state index in [0.717, 1.165) is 18.5 Å². The number of aryl methyl sites for hydroxylation is 2. The van der Waals surface area contributed by atoms with Gasteiger partial charge in [-0.25, -0.2) is 0 Å². The van der Waals surface area contributed by atoms with Crippen LogP contribution in [0, 0.1) is 5.41 Å². The van der Waals surface area contributed by atoms with Gasteiger partial charge in [0.05, 0.1) is 5.69 Å². The molecule has 0 fully saturated rings. The summed E-state index contributed by atoms with van der Waals surface area (Å²) in [6.07, 6.45) is 1.72. The van der Waals surface area contributed by atoms with Crippen molar-refractivity contribution in [1.82, 2.24) is 15.1 Å². The predicted octanol–water partition coefficient (Wildman–Crippen LogP) is 1.09. The van der Waals surface area contributed by atoms with E-state index in [-0.39, 0.29) is 11.3 Å². The average molecular weight is 252 g/mol. The molecular formula is C13H24N4O. The van der Waals surface area contributed by atoms with E-state index >= 15 is 0 Å². The van der Waals surface area contributed by atoms with Gasteiger partial charge in [-0.3, -0.25) is 9.48 Å². The summed E-state index contributed by atoms with van der Waals surface area (Å²) in [6.45, 7) is 7.47. The van der Waals surface area contributed by atoms with Gasteiger partial charge in [-0.1, -0.05) is 20.8 Å². The first-order valence-electron chi connectivity index (χ1n) is 6.41. The van der Waals surface area contributed by atoms with Crippen LogP contribution in [0.1, 0.15) is 43.4 Å². The van der Waals surface area contributed by atoms with Crippen LogP contribution in [0.3, 0.4) is 0 Å². The van der Waals surface area contributed by atoms with Crippen LogP contribution in [-0.4, -0.2) is 28.8 Å². The van der Waals surface area contributed by atoms with Gasteiger partial charge < -0.3 is 11.1 Å². The second-order valence-corrected chi connectivity index (χ2v) is 5.38. The van der Waals surface area contributed by atoms with Gasteiger partial charge in [0.25, 0.3) is 5.91 Å². The third-order valence-electron chi connectivity index (χ3n) is 3.07. The number of aromatic nitrogens is 2. The molecule has 3 N–H and O–H groups in total. The molecule has 5 heteroatoms. The Morgan fingerprint density at radius 1 is 1.56 bits per heavy atom. The van der Waals surface area contributed by atoms with Crippen LogP contribution in [0.2, 0.25) is 0 Å².